The fourth-order valence-electron chi connectivity index (χ4n) is 7.85. The molecule has 0 spiro atoms. The molecule has 0 radical (unpaired) electrons. The van der Waals surface area contributed by atoms with Crippen molar-refractivity contribution in [1.82, 2.24) is 10.0 Å². The van der Waals surface area contributed by atoms with Gasteiger partial charge in [0.25, 0.3) is 5.91 Å². The molecule has 1 saturated carbocycles. The van der Waals surface area contributed by atoms with Crippen molar-refractivity contribution in [3.05, 3.63) is 58.1 Å². The van der Waals surface area contributed by atoms with E-state index in [4.69, 9.17) is 25.8 Å². The molecular weight excluding hydrogens is 630 g/mol. The van der Waals surface area contributed by atoms with Crippen molar-refractivity contribution < 1.29 is 19.0 Å². The van der Waals surface area contributed by atoms with E-state index < -0.39 is 10.7 Å². The lowest BCUT2D eigenvalue weighted by atomic mass is 9.71. The molecule has 2 aromatic carbocycles. The van der Waals surface area contributed by atoms with Gasteiger partial charge >= 0.3 is 0 Å². The number of ether oxygens (including phenoxy) is 3. The summed E-state index contributed by atoms with van der Waals surface area (Å²) in [5.74, 6) is 6.88. The summed E-state index contributed by atoms with van der Waals surface area (Å²) in [6.07, 6.45) is 7.90. The van der Waals surface area contributed by atoms with E-state index in [1.54, 1.807) is 0 Å². The summed E-state index contributed by atoms with van der Waals surface area (Å²) in [6.45, 7) is 12.9. The second kappa shape index (κ2) is 15.6. The summed E-state index contributed by atoms with van der Waals surface area (Å²) >= 11 is 6.47. The maximum Gasteiger partial charge on any atom is 0.260 e. The highest BCUT2D eigenvalue weighted by molar-refractivity contribution is 8.13. The van der Waals surface area contributed by atoms with Gasteiger partial charge in [-0.3, -0.25) is 4.79 Å². The van der Waals surface area contributed by atoms with Gasteiger partial charge in [0, 0.05) is 54.4 Å². The van der Waals surface area contributed by atoms with Gasteiger partial charge in [-0.25, -0.2) is 0 Å². The first kappa shape index (κ1) is 34.8. The molecule has 3 aliphatic heterocycles. The van der Waals surface area contributed by atoms with E-state index >= 15 is 0 Å². The van der Waals surface area contributed by atoms with Crippen molar-refractivity contribution in [1.29, 1.82) is 0 Å². The number of hydrogen-bond donors (Lipinski definition) is 2. The number of amides is 1. The van der Waals surface area contributed by atoms with E-state index in [0.29, 0.717) is 35.2 Å². The summed E-state index contributed by atoms with van der Waals surface area (Å²) < 4.78 is 22.3. The van der Waals surface area contributed by atoms with Gasteiger partial charge in [0.1, 0.15) is 18.0 Å². The molecule has 2 aromatic rings. The predicted molar refractivity (Wildman–Crippen MR) is 195 cm³/mol. The molecule has 1 aliphatic carbocycles. The molecule has 3 heterocycles. The van der Waals surface area contributed by atoms with Crippen LogP contribution in [0.1, 0.15) is 93.6 Å². The number of aryl methyl sites for hydroxylation is 1. The van der Waals surface area contributed by atoms with E-state index in [1.165, 1.54) is 24.0 Å². The second-order valence-electron chi connectivity index (χ2n) is 14.3. The second-order valence-corrected chi connectivity index (χ2v) is 16.5. The van der Waals surface area contributed by atoms with Crippen LogP contribution in [0.2, 0.25) is 5.02 Å². The first-order valence-electron chi connectivity index (χ1n) is 17.9. The number of benzene rings is 2. The Morgan fingerprint density at radius 2 is 1.85 bits per heavy atom. The normalized spacial score (nSPS) is 28.7. The lowest BCUT2D eigenvalue weighted by Gasteiger charge is -2.42. The number of carbonyl (C=O) groups excluding carboxylic acids is 1. The highest BCUT2D eigenvalue weighted by Gasteiger charge is 2.43. The molecule has 0 aromatic heterocycles. The zero-order valence-electron chi connectivity index (χ0n) is 28.6. The molecule has 1 amide bonds. The van der Waals surface area contributed by atoms with Crippen molar-refractivity contribution >= 4 is 39.7 Å². The maximum atomic E-state index is 13.6. The smallest absolute Gasteiger partial charge is 0.260 e. The number of nitrogens with zero attached hydrogens (tertiary/aromatic N) is 1. The Balaban J connectivity index is 1.23. The van der Waals surface area contributed by atoms with Crippen molar-refractivity contribution in [2.45, 2.75) is 102 Å². The highest BCUT2D eigenvalue weighted by atomic mass is 35.5. The van der Waals surface area contributed by atoms with Gasteiger partial charge in [0.15, 0.2) is 6.29 Å². The average molecular weight is 684 g/mol. The Hall–Kier alpha value is -2.10. The molecule has 9 heteroatoms. The first-order valence-corrected chi connectivity index (χ1v) is 19.7. The van der Waals surface area contributed by atoms with Crippen LogP contribution in [0.3, 0.4) is 0 Å². The van der Waals surface area contributed by atoms with E-state index in [2.05, 4.69) is 60.6 Å². The van der Waals surface area contributed by atoms with Gasteiger partial charge in [-0.15, -0.1) is 0 Å². The number of carbonyl (C=O) groups is 1. The monoisotopic (exact) mass is 683 g/mol. The molecule has 3 fully saturated rings. The Morgan fingerprint density at radius 3 is 2.55 bits per heavy atom. The van der Waals surface area contributed by atoms with Crippen molar-refractivity contribution in [2.75, 3.05) is 37.7 Å². The molecule has 4 aliphatic rings. The zero-order chi connectivity index (χ0) is 33.1. The summed E-state index contributed by atoms with van der Waals surface area (Å²) in [7, 11) is -0.472. The number of anilines is 1. The van der Waals surface area contributed by atoms with Gasteiger partial charge in [-0.2, -0.15) is 0 Å². The average Bonchev–Trinajstić information content (AvgIpc) is 3.60. The van der Waals surface area contributed by atoms with Crippen LogP contribution < -0.4 is 19.7 Å². The lowest BCUT2D eigenvalue weighted by molar-refractivity contribution is -0.0955. The lowest BCUT2D eigenvalue weighted by Crippen LogP contribution is -2.41. The fraction of sp³-hybridized carbons (Fsp3) is 0.632. The van der Waals surface area contributed by atoms with Crippen molar-refractivity contribution in [3.63, 3.8) is 0 Å². The third-order valence-electron chi connectivity index (χ3n) is 11.0. The van der Waals surface area contributed by atoms with Crippen LogP contribution in [0.5, 0.6) is 5.75 Å². The number of nitrogens with one attached hydrogen (secondary N) is 2. The van der Waals surface area contributed by atoms with Gasteiger partial charge in [0.2, 0.25) is 0 Å². The Morgan fingerprint density at radius 1 is 1.09 bits per heavy atom. The minimum Gasteiger partial charge on any atom is -0.491 e. The molecular formula is C38H54ClN3O4S. The van der Waals surface area contributed by atoms with E-state index in [-0.39, 0.29) is 30.3 Å². The summed E-state index contributed by atoms with van der Waals surface area (Å²) in [4.78, 5) is 16.1. The van der Waals surface area contributed by atoms with Gasteiger partial charge in [-0.05, 0) is 84.9 Å². The van der Waals surface area contributed by atoms with Crippen molar-refractivity contribution in [2.24, 2.45) is 17.8 Å². The minimum absolute atomic E-state index is 0.0672. The van der Waals surface area contributed by atoms with Gasteiger partial charge in [0.05, 0.1) is 12.3 Å². The summed E-state index contributed by atoms with van der Waals surface area (Å²) in [5, 5.41) is 4.46. The molecule has 8 unspecified atom stereocenters. The van der Waals surface area contributed by atoms with Crippen LogP contribution in [-0.2, 0) is 15.9 Å². The quantitative estimate of drug-likeness (QED) is 0.212. The van der Waals surface area contributed by atoms with Crippen LogP contribution in [0.25, 0.3) is 0 Å². The van der Waals surface area contributed by atoms with Crippen LogP contribution >= 0.6 is 22.3 Å². The van der Waals surface area contributed by atoms with Crippen LogP contribution in [0, 0.1) is 17.8 Å². The Bertz CT molecular complexity index is 1410. The third-order valence-corrected chi connectivity index (χ3v) is 13.1. The van der Waals surface area contributed by atoms with E-state index in [1.807, 2.05) is 24.3 Å². The zero-order valence-corrected chi connectivity index (χ0v) is 30.2. The molecule has 47 heavy (non-hydrogen) atoms. The number of rotatable bonds is 13. The Kier molecular flexibility index (Phi) is 11.6. The molecule has 0 bridgehead atoms. The first-order chi connectivity index (χ1) is 22.7. The van der Waals surface area contributed by atoms with E-state index in [0.717, 1.165) is 74.7 Å². The molecule has 2 N–H and O–H groups in total. The van der Waals surface area contributed by atoms with Crippen LogP contribution in [-0.4, -0.2) is 68.3 Å². The van der Waals surface area contributed by atoms with Gasteiger partial charge < -0.3 is 29.1 Å². The largest absolute Gasteiger partial charge is 0.491 e. The summed E-state index contributed by atoms with van der Waals surface area (Å²) in [6, 6.07) is 12.3. The van der Waals surface area contributed by atoms with Crippen molar-refractivity contribution in [3.8, 4) is 5.75 Å². The summed E-state index contributed by atoms with van der Waals surface area (Å²) in [5.41, 5.74) is 4.26. The number of halogens is 1. The van der Waals surface area contributed by atoms with E-state index in [9.17, 15) is 4.79 Å². The maximum absolute atomic E-state index is 13.6. The number of fused-ring (bicyclic) bond motifs is 2. The van der Waals surface area contributed by atoms with Crippen LogP contribution in [0.15, 0.2) is 36.4 Å². The minimum atomic E-state index is -0.472. The topological polar surface area (TPSA) is 72.1 Å². The molecule has 7 nitrogen and oxygen atoms in total. The van der Waals surface area contributed by atoms with Crippen LogP contribution in [0.4, 0.5) is 5.69 Å². The van der Waals surface area contributed by atoms with Gasteiger partial charge in [-0.1, -0.05) is 74.7 Å². The predicted octanol–water partition coefficient (Wildman–Crippen LogP) is 7.58. The SMILES string of the molecule is C=S(NC(=O)c1ccc2c(c1)N(CC1CCC1CC1OC3CNCC3O1)CC(c1ccc(Cl)cc1CCC)CO2)C(C)C(C)CCC. The number of hydrogen-bond acceptors (Lipinski definition) is 6. The molecule has 6 rings (SSSR count). The Labute approximate surface area is 289 Å². The standard InChI is InChI=1S/C38H54ClN3O4S/c1-6-8-24(3)25(4)47(5)41-38(43)28-12-15-34-33(17-28)42(22-30(23-44-34)32-14-13-31(39)16-27(32)9-7-2)21-29-11-10-26(29)18-37-45-35-19-40-20-36(35)46-37/h12-17,24-26,29-30,35-37,40H,5-11,18-23H2,1-4H3,(H,41,43). The molecule has 8 atom stereocenters. The molecule has 2 saturated heterocycles. The molecule has 258 valence electrons. The highest BCUT2D eigenvalue weighted by Crippen LogP contribution is 2.44. The third kappa shape index (κ3) is 8.04. The fourth-order valence-corrected chi connectivity index (χ4v) is 9.28.